The molecule has 0 radical (unpaired) electrons. The fraction of sp³-hybridized carbons (Fsp3) is 0.650. The average molecular weight is 453 g/mol. The van der Waals surface area contributed by atoms with Crippen molar-refractivity contribution in [3.63, 3.8) is 0 Å². The van der Waals surface area contributed by atoms with Gasteiger partial charge >= 0.3 is 5.97 Å². The van der Waals surface area contributed by atoms with Crippen molar-refractivity contribution < 1.29 is 19.3 Å². The molecule has 0 amide bonds. The molecule has 28 heavy (non-hydrogen) atoms. The second-order valence-electron chi connectivity index (χ2n) is 7.52. The SMILES string of the molecule is CCOC(=O)C(Br)c1cc2n(c(=O)c1C#N)CCC21CC(CC)(CC)COO1. The number of nitriles is 1. The summed E-state index contributed by atoms with van der Waals surface area (Å²) in [6, 6.07) is 3.69. The summed E-state index contributed by atoms with van der Waals surface area (Å²) in [5.74, 6) is -0.535. The zero-order valence-corrected chi connectivity index (χ0v) is 18.0. The summed E-state index contributed by atoms with van der Waals surface area (Å²) in [5, 5.41) is 9.56. The van der Waals surface area contributed by atoms with E-state index in [0.717, 1.165) is 19.3 Å². The molecular formula is C20H25BrN2O5. The van der Waals surface area contributed by atoms with E-state index in [0.29, 0.717) is 30.8 Å². The summed E-state index contributed by atoms with van der Waals surface area (Å²) < 4.78 is 6.64. The summed E-state index contributed by atoms with van der Waals surface area (Å²) in [5.41, 5.74) is -0.282. The molecule has 1 aromatic rings. The van der Waals surface area contributed by atoms with E-state index in [4.69, 9.17) is 14.5 Å². The van der Waals surface area contributed by atoms with Gasteiger partial charge in [-0.3, -0.25) is 9.59 Å². The van der Waals surface area contributed by atoms with Gasteiger partial charge < -0.3 is 9.30 Å². The van der Waals surface area contributed by atoms with Gasteiger partial charge in [-0.05, 0) is 37.7 Å². The minimum absolute atomic E-state index is 0.0352. The van der Waals surface area contributed by atoms with Gasteiger partial charge in [-0.15, -0.1) is 0 Å². The highest BCUT2D eigenvalue weighted by atomic mass is 79.9. The normalized spacial score (nSPS) is 23.8. The summed E-state index contributed by atoms with van der Waals surface area (Å²) in [6.07, 6.45) is 3.19. The van der Waals surface area contributed by atoms with Gasteiger partial charge in [0.05, 0.1) is 18.9 Å². The number of hydrogen-bond acceptors (Lipinski definition) is 6. The Balaban J connectivity index is 2.13. The molecule has 2 unspecified atom stereocenters. The molecular weight excluding hydrogens is 428 g/mol. The molecule has 152 valence electrons. The average Bonchev–Trinajstić information content (AvgIpc) is 3.05. The van der Waals surface area contributed by atoms with Crippen LogP contribution in [-0.4, -0.2) is 23.8 Å². The molecule has 1 aromatic heterocycles. The second-order valence-corrected chi connectivity index (χ2v) is 8.43. The van der Waals surface area contributed by atoms with Crippen LogP contribution < -0.4 is 5.56 Å². The van der Waals surface area contributed by atoms with Crippen molar-refractivity contribution in [1.29, 1.82) is 5.26 Å². The van der Waals surface area contributed by atoms with Crippen LogP contribution in [0.25, 0.3) is 0 Å². The minimum Gasteiger partial charge on any atom is -0.465 e. The minimum atomic E-state index is -0.898. The summed E-state index contributed by atoms with van der Waals surface area (Å²) in [4.78, 5) is 35.7. The Kier molecular flexibility index (Phi) is 5.99. The fourth-order valence-electron chi connectivity index (χ4n) is 4.26. The summed E-state index contributed by atoms with van der Waals surface area (Å²) in [6.45, 7) is 7.14. The molecule has 0 saturated carbocycles. The van der Waals surface area contributed by atoms with Gasteiger partial charge in [-0.1, -0.05) is 29.8 Å². The fourth-order valence-corrected chi connectivity index (χ4v) is 4.75. The predicted molar refractivity (Wildman–Crippen MR) is 105 cm³/mol. The Morgan fingerprint density at radius 2 is 2.14 bits per heavy atom. The molecule has 1 fully saturated rings. The lowest BCUT2D eigenvalue weighted by molar-refractivity contribution is -0.414. The van der Waals surface area contributed by atoms with Crippen LogP contribution in [0, 0.1) is 16.7 Å². The molecule has 0 bridgehead atoms. The van der Waals surface area contributed by atoms with Crippen LogP contribution in [0.1, 0.15) is 68.1 Å². The van der Waals surface area contributed by atoms with E-state index in [9.17, 15) is 14.9 Å². The Morgan fingerprint density at radius 1 is 1.43 bits per heavy atom. The van der Waals surface area contributed by atoms with Crippen molar-refractivity contribution >= 4 is 21.9 Å². The van der Waals surface area contributed by atoms with Crippen LogP contribution in [0.15, 0.2) is 10.9 Å². The van der Waals surface area contributed by atoms with Gasteiger partial charge in [0.1, 0.15) is 22.1 Å². The van der Waals surface area contributed by atoms with E-state index >= 15 is 0 Å². The van der Waals surface area contributed by atoms with Crippen LogP contribution in [-0.2, 0) is 31.5 Å². The van der Waals surface area contributed by atoms with Crippen LogP contribution >= 0.6 is 15.9 Å². The van der Waals surface area contributed by atoms with E-state index in [1.807, 2.05) is 6.07 Å². The number of esters is 1. The third kappa shape index (κ3) is 3.30. The van der Waals surface area contributed by atoms with Crippen LogP contribution in [0.5, 0.6) is 0 Å². The van der Waals surface area contributed by atoms with Crippen molar-refractivity contribution in [2.24, 2.45) is 5.41 Å². The highest BCUT2D eigenvalue weighted by Crippen LogP contribution is 2.51. The molecule has 7 nitrogen and oxygen atoms in total. The number of hydrogen-bond donors (Lipinski definition) is 0. The quantitative estimate of drug-likeness (QED) is 0.385. The molecule has 2 aliphatic rings. The Hall–Kier alpha value is -1.69. The molecule has 3 heterocycles. The topological polar surface area (TPSA) is 90.6 Å². The van der Waals surface area contributed by atoms with Crippen LogP contribution in [0.2, 0.25) is 0 Å². The van der Waals surface area contributed by atoms with E-state index < -0.39 is 22.0 Å². The monoisotopic (exact) mass is 452 g/mol. The maximum Gasteiger partial charge on any atom is 0.324 e. The van der Waals surface area contributed by atoms with Crippen LogP contribution in [0.4, 0.5) is 0 Å². The first-order chi connectivity index (χ1) is 13.4. The van der Waals surface area contributed by atoms with Gasteiger partial charge in [0.25, 0.3) is 5.56 Å². The van der Waals surface area contributed by atoms with Gasteiger partial charge in [0.2, 0.25) is 0 Å². The number of nitrogens with zero attached hydrogens (tertiary/aromatic N) is 2. The molecule has 0 N–H and O–H groups in total. The van der Waals surface area contributed by atoms with E-state index in [1.165, 1.54) is 0 Å². The number of pyridine rings is 1. The number of carbonyl (C=O) groups is 1. The first-order valence-electron chi connectivity index (χ1n) is 9.66. The van der Waals surface area contributed by atoms with Crippen molar-refractivity contribution in [1.82, 2.24) is 4.57 Å². The lowest BCUT2D eigenvalue weighted by Gasteiger charge is -2.44. The number of alkyl halides is 1. The first kappa shape index (κ1) is 21.0. The number of carbonyl (C=O) groups excluding carboxylic acids is 1. The van der Waals surface area contributed by atoms with Gasteiger partial charge in [-0.2, -0.15) is 5.26 Å². The molecule has 3 rings (SSSR count). The van der Waals surface area contributed by atoms with Gasteiger partial charge in [-0.25, -0.2) is 9.78 Å². The number of halogens is 1. The molecule has 2 atom stereocenters. The van der Waals surface area contributed by atoms with Crippen molar-refractivity contribution in [3.05, 3.63) is 33.2 Å². The largest absolute Gasteiger partial charge is 0.465 e. The maximum absolute atomic E-state index is 13.0. The lowest BCUT2D eigenvalue weighted by Crippen LogP contribution is -2.44. The highest BCUT2D eigenvalue weighted by molar-refractivity contribution is 9.09. The number of aromatic nitrogens is 1. The summed E-state index contributed by atoms with van der Waals surface area (Å²) >= 11 is 3.30. The molecule has 0 aliphatic carbocycles. The van der Waals surface area contributed by atoms with Gasteiger partial charge in [0.15, 0.2) is 0 Å². The lowest BCUT2D eigenvalue weighted by atomic mass is 9.72. The third-order valence-corrected chi connectivity index (χ3v) is 7.03. The predicted octanol–water partition coefficient (Wildman–Crippen LogP) is 3.48. The molecule has 2 aliphatic heterocycles. The van der Waals surface area contributed by atoms with Crippen molar-refractivity contribution in [2.45, 2.75) is 63.4 Å². The Bertz CT molecular complexity index is 871. The zero-order valence-electron chi connectivity index (χ0n) is 16.4. The molecule has 1 saturated heterocycles. The zero-order chi connectivity index (χ0) is 20.5. The van der Waals surface area contributed by atoms with Crippen LogP contribution in [0.3, 0.4) is 0 Å². The number of fused-ring (bicyclic) bond motifs is 2. The van der Waals surface area contributed by atoms with Gasteiger partial charge in [0, 0.05) is 18.5 Å². The van der Waals surface area contributed by atoms with Crippen molar-refractivity contribution in [2.75, 3.05) is 13.2 Å². The Labute approximate surface area is 172 Å². The number of rotatable bonds is 5. The smallest absolute Gasteiger partial charge is 0.324 e. The van der Waals surface area contributed by atoms with E-state index in [1.54, 1.807) is 17.6 Å². The molecule has 0 aromatic carbocycles. The maximum atomic E-state index is 13.0. The number of ether oxygens (including phenoxy) is 1. The standard InChI is InChI=1S/C20H25BrN2O5/c1-4-19(5-2)11-20(28-27-12-19)7-8-23-15(20)9-13(14(10-22)17(23)24)16(21)18(25)26-6-3/h9,16H,4-8,11-12H2,1-3H3. The summed E-state index contributed by atoms with van der Waals surface area (Å²) in [7, 11) is 0. The molecule has 8 heteroatoms. The van der Waals surface area contributed by atoms with E-state index in [-0.39, 0.29) is 17.6 Å². The highest BCUT2D eigenvalue weighted by Gasteiger charge is 2.51. The Morgan fingerprint density at radius 3 is 2.75 bits per heavy atom. The third-order valence-electron chi connectivity index (χ3n) is 6.16. The second kappa shape index (κ2) is 7.97. The first-order valence-corrected chi connectivity index (χ1v) is 10.6. The molecule has 1 spiro atoms. The van der Waals surface area contributed by atoms with E-state index in [2.05, 4.69) is 29.8 Å². The van der Waals surface area contributed by atoms with Crippen molar-refractivity contribution in [3.8, 4) is 6.07 Å².